The van der Waals surface area contributed by atoms with Crippen molar-refractivity contribution in [2.45, 2.75) is 38.0 Å². The average Bonchev–Trinajstić information content (AvgIpc) is 3.07. The molecule has 0 saturated heterocycles. The van der Waals surface area contributed by atoms with Crippen molar-refractivity contribution in [3.05, 3.63) is 50.9 Å². The first-order chi connectivity index (χ1) is 15.0. The van der Waals surface area contributed by atoms with Gasteiger partial charge in [-0.15, -0.1) is 11.3 Å². The number of rotatable bonds is 5. The Bertz CT molecular complexity index is 1100. The fourth-order valence-corrected chi connectivity index (χ4v) is 5.15. The van der Waals surface area contributed by atoms with Gasteiger partial charge in [0, 0.05) is 15.5 Å². The molecule has 2 aromatic rings. The number of methoxy groups -OCH3 is 1. The van der Waals surface area contributed by atoms with Crippen LogP contribution in [0.2, 0.25) is 5.02 Å². The van der Waals surface area contributed by atoms with Gasteiger partial charge in [0.05, 0.1) is 12.7 Å². The van der Waals surface area contributed by atoms with Crippen LogP contribution in [0, 0.1) is 17.2 Å². The van der Waals surface area contributed by atoms with Crippen molar-refractivity contribution >= 4 is 39.8 Å². The smallest absolute Gasteiger partial charge is 0.441 e. The van der Waals surface area contributed by atoms with Gasteiger partial charge in [-0.25, -0.2) is 4.79 Å². The van der Waals surface area contributed by atoms with Crippen LogP contribution in [0.15, 0.2) is 24.3 Å². The van der Waals surface area contributed by atoms with E-state index in [2.05, 4.69) is 10.1 Å². The molecule has 1 amide bonds. The summed E-state index contributed by atoms with van der Waals surface area (Å²) < 4.78 is 47.5. The number of thiophene rings is 1. The maximum atomic E-state index is 14.4. The topological polar surface area (TPSA) is 91.2 Å². The van der Waals surface area contributed by atoms with Gasteiger partial charge in [-0.2, -0.15) is 18.4 Å². The quantitative estimate of drug-likeness (QED) is 0.474. The number of nitriles is 1. The minimum Gasteiger partial charge on any atom is -0.466 e. The highest BCUT2D eigenvalue weighted by Gasteiger charge is 2.64. The van der Waals surface area contributed by atoms with Crippen LogP contribution in [0.1, 0.15) is 39.7 Å². The van der Waals surface area contributed by atoms with E-state index in [1.807, 2.05) is 13.0 Å². The van der Waals surface area contributed by atoms with Crippen LogP contribution in [0.25, 0.3) is 0 Å². The lowest BCUT2D eigenvalue weighted by Gasteiger charge is -2.34. The predicted octanol–water partition coefficient (Wildman–Crippen LogP) is 4.67. The summed E-state index contributed by atoms with van der Waals surface area (Å²) in [5, 5.41) is 13.5. The third-order valence-electron chi connectivity index (χ3n) is 5.23. The molecule has 1 aliphatic carbocycles. The number of benzene rings is 1. The molecule has 0 radical (unpaired) electrons. The molecule has 0 unspecified atom stereocenters. The van der Waals surface area contributed by atoms with Crippen molar-refractivity contribution in [3.8, 4) is 6.07 Å². The number of carbonyl (C=O) groups excluding carboxylic acids is 2. The summed E-state index contributed by atoms with van der Waals surface area (Å²) in [6.45, 7) is 2.02. The Balaban J connectivity index is 2.09. The van der Waals surface area contributed by atoms with Gasteiger partial charge in [-0.3, -0.25) is 4.79 Å². The number of fused-ring (bicyclic) bond motifs is 1. The van der Waals surface area contributed by atoms with Crippen molar-refractivity contribution in [2.24, 2.45) is 5.92 Å². The van der Waals surface area contributed by atoms with E-state index in [0.29, 0.717) is 24.3 Å². The third-order valence-corrected chi connectivity index (χ3v) is 6.63. The molecular formula is C21H19ClF3N3O3S. The molecule has 0 fully saturated rings. The zero-order chi connectivity index (χ0) is 23.7. The van der Waals surface area contributed by atoms with E-state index in [9.17, 15) is 28.0 Å². The molecule has 0 aliphatic heterocycles. The largest absolute Gasteiger partial charge is 0.466 e. The first kappa shape index (κ1) is 23.9. The standard InChI is InChI=1S/C21H19ClF3N3O3S/c1-11-6-7-14-15(10-26)18(32-16(14)8-11)28-20(19(30)31-2,21(23,24)25)27-17(29)12-4-3-5-13(22)9-12/h3-5,9,11,28H,6-8H2,1-2H3,(H,27,29)/t11-,20+/m1/s1. The number of carbonyl (C=O) groups is 2. The summed E-state index contributed by atoms with van der Waals surface area (Å²) in [6.07, 6.45) is -3.35. The van der Waals surface area contributed by atoms with Crippen LogP contribution in [-0.2, 0) is 22.4 Å². The first-order valence-corrected chi connectivity index (χ1v) is 10.8. The molecule has 2 N–H and O–H groups in total. The van der Waals surface area contributed by atoms with Crippen LogP contribution in [0.5, 0.6) is 0 Å². The summed E-state index contributed by atoms with van der Waals surface area (Å²) in [5.41, 5.74) is -3.10. The third kappa shape index (κ3) is 4.40. The molecule has 170 valence electrons. The SMILES string of the molecule is COC(=O)[C@](NC(=O)c1cccc(Cl)c1)(Nc1sc2c(c1C#N)CC[C@@H](C)C2)C(F)(F)F. The van der Waals surface area contributed by atoms with Gasteiger partial charge in [0.25, 0.3) is 5.91 Å². The Morgan fingerprint density at radius 2 is 2.06 bits per heavy atom. The number of amides is 1. The predicted molar refractivity (Wildman–Crippen MR) is 114 cm³/mol. The Kier molecular flexibility index (Phi) is 6.72. The second-order valence-electron chi connectivity index (χ2n) is 7.50. The molecule has 0 spiro atoms. The van der Waals surface area contributed by atoms with Gasteiger partial charge in [0.1, 0.15) is 11.1 Å². The molecule has 11 heteroatoms. The van der Waals surface area contributed by atoms with Crippen LogP contribution < -0.4 is 10.6 Å². The summed E-state index contributed by atoms with van der Waals surface area (Å²) >= 11 is 6.81. The van der Waals surface area contributed by atoms with Crippen LogP contribution in [0.4, 0.5) is 18.2 Å². The molecular weight excluding hydrogens is 467 g/mol. The molecule has 1 aliphatic rings. The number of hydrogen-bond acceptors (Lipinski definition) is 6. The minimum atomic E-state index is -5.31. The minimum absolute atomic E-state index is 0.0337. The van der Waals surface area contributed by atoms with E-state index < -0.39 is 23.7 Å². The molecule has 32 heavy (non-hydrogen) atoms. The molecule has 0 saturated carbocycles. The van der Waals surface area contributed by atoms with Crippen molar-refractivity contribution < 1.29 is 27.5 Å². The van der Waals surface area contributed by atoms with E-state index in [1.165, 1.54) is 24.3 Å². The average molecular weight is 486 g/mol. The monoisotopic (exact) mass is 485 g/mol. The fourth-order valence-electron chi connectivity index (χ4n) is 3.54. The normalized spacial score (nSPS) is 17.5. The molecule has 1 aromatic heterocycles. The highest BCUT2D eigenvalue weighted by molar-refractivity contribution is 7.16. The number of ether oxygens (including phenoxy) is 1. The molecule has 0 bridgehead atoms. The Morgan fingerprint density at radius 1 is 1.34 bits per heavy atom. The summed E-state index contributed by atoms with van der Waals surface area (Å²) in [4.78, 5) is 26.0. The van der Waals surface area contributed by atoms with E-state index >= 15 is 0 Å². The number of nitrogens with one attached hydrogen (secondary N) is 2. The summed E-state index contributed by atoms with van der Waals surface area (Å²) in [7, 11) is 0.780. The maximum absolute atomic E-state index is 14.4. The summed E-state index contributed by atoms with van der Waals surface area (Å²) in [5.74, 6) is -2.66. The molecule has 1 heterocycles. The van der Waals surface area contributed by atoms with Gasteiger partial charge < -0.3 is 15.4 Å². The van der Waals surface area contributed by atoms with Crippen LogP contribution in [0.3, 0.4) is 0 Å². The van der Waals surface area contributed by atoms with Crippen molar-refractivity contribution in [1.82, 2.24) is 5.32 Å². The number of esters is 1. The fraction of sp³-hybridized carbons (Fsp3) is 0.381. The van der Waals surface area contributed by atoms with Gasteiger partial charge in [-0.05, 0) is 48.9 Å². The maximum Gasteiger partial charge on any atom is 0.441 e. The molecule has 1 aromatic carbocycles. The lowest BCUT2D eigenvalue weighted by molar-refractivity contribution is -0.203. The zero-order valence-corrected chi connectivity index (χ0v) is 18.7. The lowest BCUT2D eigenvalue weighted by Crippen LogP contribution is -2.69. The van der Waals surface area contributed by atoms with Gasteiger partial charge >= 0.3 is 17.8 Å². The second kappa shape index (κ2) is 9.00. The van der Waals surface area contributed by atoms with Crippen LogP contribution in [-0.4, -0.2) is 30.8 Å². The van der Waals surface area contributed by atoms with Crippen molar-refractivity contribution in [2.75, 3.05) is 12.4 Å². The second-order valence-corrected chi connectivity index (χ2v) is 9.04. The number of nitrogens with zero attached hydrogens (tertiary/aromatic N) is 1. The van der Waals surface area contributed by atoms with Gasteiger partial charge in [-0.1, -0.05) is 24.6 Å². The van der Waals surface area contributed by atoms with Crippen LogP contribution >= 0.6 is 22.9 Å². The summed E-state index contributed by atoms with van der Waals surface area (Å²) in [6, 6.07) is 7.20. The van der Waals surface area contributed by atoms with Crippen molar-refractivity contribution in [1.29, 1.82) is 5.26 Å². The van der Waals surface area contributed by atoms with E-state index in [-0.39, 0.29) is 21.2 Å². The molecule has 3 rings (SSSR count). The van der Waals surface area contributed by atoms with E-state index in [1.54, 1.807) is 5.32 Å². The number of hydrogen-bond donors (Lipinski definition) is 2. The molecule has 2 atom stereocenters. The Morgan fingerprint density at radius 3 is 2.66 bits per heavy atom. The lowest BCUT2D eigenvalue weighted by atomic mass is 9.88. The highest BCUT2D eigenvalue weighted by Crippen LogP contribution is 2.42. The van der Waals surface area contributed by atoms with E-state index in [4.69, 9.17) is 11.6 Å². The Hall–Kier alpha value is -2.77. The number of alkyl halides is 3. The zero-order valence-electron chi connectivity index (χ0n) is 17.1. The highest BCUT2D eigenvalue weighted by atomic mass is 35.5. The van der Waals surface area contributed by atoms with E-state index in [0.717, 1.165) is 29.7 Å². The van der Waals surface area contributed by atoms with Gasteiger partial charge in [0.2, 0.25) is 0 Å². The van der Waals surface area contributed by atoms with Crippen molar-refractivity contribution in [3.63, 3.8) is 0 Å². The number of anilines is 1. The molecule has 6 nitrogen and oxygen atoms in total. The first-order valence-electron chi connectivity index (χ1n) is 9.58. The Labute approximate surface area is 191 Å². The number of halogens is 4. The van der Waals surface area contributed by atoms with Gasteiger partial charge in [0.15, 0.2) is 0 Å².